The summed E-state index contributed by atoms with van der Waals surface area (Å²) in [7, 11) is 0. The summed E-state index contributed by atoms with van der Waals surface area (Å²) in [4.78, 5) is 34.6. The van der Waals surface area contributed by atoms with E-state index in [1.54, 1.807) is 12.1 Å². The topological polar surface area (TPSA) is 87.3 Å². The largest absolute Gasteiger partial charge is 0.325 e. The molecule has 0 atom stereocenters. The van der Waals surface area contributed by atoms with E-state index >= 15 is 0 Å². The Morgan fingerprint density at radius 1 is 1.05 bits per heavy atom. The van der Waals surface area contributed by atoms with Crippen molar-refractivity contribution in [2.75, 3.05) is 5.32 Å². The van der Waals surface area contributed by atoms with E-state index in [0.29, 0.717) is 15.7 Å². The van der Waals surface area contributed by atoms with Gasteiger partial charge in [0.1, 0.15) is 0 Å². The summed E-state index contributed by atoms with van der Waals surface area (Å²) in [5.74, 6) is -0.958. The van der Waals surface area contributed by atoms with Crippen LogP contribution in [0.3, 0.4) is 0 Å². The van der Waals surface area contributed by atoms with E-state index in [0.717, 1.165) is 12.8 Å². The predicted octanol–water partition coefficient (Wildman–Crippen LogP) is 2.27. The van der Waals surface area contributed by atoms with Gasteiger partial charge in [-0.05, 0) is 31.0 Å². The van der Waals surface area contributed by atoms with Crippen molar-refractivity contribution in [3.05, 3.63) is 28.2 Å². The minimum atomic E-state index is -0.425. The molecule has 0 heterocycles. The summed E-state index contributed by atoms with van der Waals surface area (Å²) >= 11 is 11.7. The number of anilines is 1. The van der Waals surface area contributed by atoms with E-state index in [2.05, 4.69) is 16.2 Å². The summed E-state index contributed by atoms with van der Waals surface area (Å²) in [6.07, 6.45) is 1.64. The van der Waals surface area contributed by atoms with Crippen molar-refractivity contribution in [2.45, 2.75) is 25.7 Å². The third kappa shape index (κ3) is 5.20. The second-order valence-electron chi connectivity index (χ2n) is 4.98. The molecular formula is C14H15Cl2N3O3. The van der Waals surface area contributed by atoms with Gasteiger partial charge in [0.15, 0.2) is 0 Å². The van der Waals surface area contributed by atoms with Crippen LogP contribution in [0.4, 0.5) is 5.69 Å². The molecule has 2 rings (SSSR count). The summed E-state index contributed by atoms with van der Waals surface area (Å²) in [5.41, 5.74) is 5.04. The number of carbonyl (C=O) groups is 3. The molecule has 8 heteroatoms. The third-order valence-corrected chi connectivity index (χ3v) is 3.61. The van der Waals surface area contributed by atoms with Gasteiger partial charge >= 0.3 is 0 Å². The zero-order chi connectivity index (χ0) is 16.1. The zero-order valence-electron chi connectivity index (χ0n) is 11.6. The minimum absolute atomic E-state index is 0.00986. The Morgan fingerprint density at radius 2 is 1.73 bits per heavy atom. The number of hydrogen-bond donors (Lipinski definition) is 3. The second kappa shape index (κ2) is 7.47. The fraction of sp³-hybridized carbons (Fsp3) is 0.357. The van der Waals surface area contributed by atoms with Crippen LogP contribution in [0, 0.1) is 5.92 Å². The van der Waals surface area contributed by atoms with Crippen LogP contribution in [0.2, 0.25) is 10.0 Å². The molecule has 1 saturated carbocycles. The number of carbonyl (C=O) groups excluding carboxylic acids is 3. The molecule has 0 spiro atoms. The van der Waals surface area contributed by atoms with Gasteiger partial charge in [-0.3, -0.25) is 25.2 Å². The Bertz CT molecular complexity index is 603. The van der Waals surface area contributed by atoms with Crippen molar-refractivity contribution in [1.29, 1.82) is 0 Å². The van der Waals surface area contributed by atoms with Gasteiger partial charge in [-0.25, -0.2) is 0 Å². The Balaban J connectivity index is 1.70. The monoisotopic (exact) mass is 343 g/mol. The van der Waals surface area contributed by atoms with E-state index in [1.807, 2.05) is 0 Å². The number of nitrogens with one attached hydrogen (secondary N) is 3. The highest BCUT2D eigenvalue weighted by Crippen LogP contribution is 2.28. The maximum absolute atomic E-state index is 11.7. The van der Waals surface area contributed by atoms with Crippen LogP contribution in [0.25, 0.3) is 0 Å². The molecule has 0 unspecified atom stereocenters. The quantitative estimate of drug-likeness (QED) is 0.716. The summed E-state index contributed by atoms with van der Waals surface area (Å²) < 4.78 is 0. The van der Waals surface area contributed by atoms with E-state index in [9.17, 15) is 14.4 Å². The molecular weight excluding hydrogens is 329 g/mol. The molecule has 6 nitrogen and oxygen atoms in total. The number of rotatable bonds is 5. The lowest BCUT2D eigenvalue weighted by atomic mass is 10.2. The van der Waals surface area contributed by atoms with Crippen LogP contribution in [0.1, 0.15) is 25.7 Å². The van der Waals surface area contributed by atoms with Gasteiger partial charge in [0.2, 0.25) is 17.7 Å². The summed E-state index contributed by atoms with van der Waals surface area (Å²) in [5, 5.41) is 3.38. The van der Waals surface area contributed by atoms with Crippen molar-refractivity contribution >= 4 is 46.6 Å². The van der Waals surface area contributed by atoms with Crippen molar-refractivity contribution < 1.29 is 14.4 Å². The number of benzene rings is 1. The lowest BCUT2D eigenvalue weighted by Crippen LogP contribution is -2.42. The molecule has 3 amide bonds. The minimum Gasteiger partial charge on any atom is -0.325 e. The van der Waals surface area contributed by atoms with Crippen LogP contribution in [0.15, 0.2) is 18.2 Å². The highest BCUT2D eigenvalue weighted by atomic mass is 35.5. The molecule has 0 bridgehead atoms. The lowest BCUT2D eigenvalue weighted by molar-refractivity contribution is -0.130. The normalized spacial score (nSPS) is 13.4. The Labute approximate surface area is 137 Å². The first-order valence-electron chi connectivity index (χ1n) is 6.79. The molecule has 1 fully saturated rings. The van der Waals surface area contributed by atoms with Crippen molar-refractivity contribution in [1.82, 2.24) is 10.9 Å². The second-order valence-corrected chi connectivity index (χ2v) is 5.83. The molecule has 1 aromatic carbocycles. The summed E-state index contributed by atoms with van der Waals surface area (Å²) in [6, 6.07) is 4.69. The first-order valence-corrected chi connectivity index (χ1v) is 7.55. The highest BCUT2D eigenvalue weighted by molar-refractivity contribution is 6.36. The molecule has 1 aliphatic carbocycles. The number of amides is 3. The maximum Gasteiger partial charge on any atom is 0.241 e. The van der Waals surface area contributed by atoms with Gasteiger partial charge in [0.05, 0.1) is 10.7 Å². The predicted molar refractivity (Wildman–Crippen MR) is 83.3 cm³/mol. The number of hydrogen-bond acceptors (Lipinski definition) is 3. The van der Waals surface area contributed by atoms with E-state index in [-0.39, 0.29) is 30.6 Å². The molecule has 0 aromatic heterocycles. The van der Waals surface area contributed by atoms with Crippen molar-refractivity contribution in [2.24, 2.45) is 5.92 Å². The molecule has 0 radical (unpaired) electrons. The molecule has 1 aliphatic rings. The third-order valence-electron chi connectivity index (χ3n) is 3.06. The van der Waals surface area contributed by atoms with Gasteiger partial charge < -0.3 is 5.32 Å². The molecule has 0 saturated heterocycles. The molecule has 118 valence electrons. The maximum atomic E-state index is 11.7. The highest BCUT2D eigenvalue weighted by Gasteiger charge is 2.29. The van der Waals surface area contributed by atoms with Gasteiger partial charge in [0, 0.05) is 23.8 Å². The molecule has 0 aliphatic heterocycles. The fourth-order valence-corrected chi connectivity index (χ4v) is 2.13. The van der Waals surface area contributed by atoms with Crippen molar-refractivity contribution in [3.63, 3.8) is 0 Å². The van der Waals surface area contributed by atoms with E-state index in [4.69, 9.17) is 23.2 Å². The van der Waals surface area contributed by atoms with Crippen molar-refractivity contribution in [3.8, 4) is 0 Å². The SMILES string of the molecule is O=C(CCC(=O)Nc1ccc(Cl)cc1Cl)NNC(=O)C1CC1. The van der Waals surface area contributed by atoms with Gasteiger partial charge in [-0.2, -0.15) is 0 Å². The molecule has 3 N–H and O–H groups in total. The van der Waals surface area contributed by atoms with Crippen LogP contribution in [-0.4, -0.2) is 17.7 Å². The Hall–Kier alpha value is -1.79. The average Bonchev–Trinajstić information content (AvgIpc) is 3.30. The Kier molecular flexibility index (Phi) is 5.63. The Morgan fingerprint density at radius 3 is 2.36 bits per heavy atom. The first-order chi connectivity index (χ1) is 10.5. The smallest absolute Gasteiger partial charge is 0.241 e. The molecule has 1 aromatic rings. The van der Waals surface area contributed by atoms with Crippen LogP contribution < -0.4 is 16.2 Å². The lowest BCUT2D eigenvalue weighted by Gasteiger charge is -2.08. The van der Waals surface area contributed by atoms with Gasteiger partial charge in [-0.1, -0.05) is 23.2 Å². The van der Waals surface area contributed by atoms with Crippen LogP contribution >= 0.6 is 23.2 Å². The van der Waals surface area contributed by atoms with E-state index in [1.165, 1.54) is 6.07 Å². The van der Waals surface area contributed by atoms with Crippen LogP contribution in [-0.2, 0) is 14.4 Å². The zero-order valence-corrected chi connectivity index (χ0v) is 13.1. The fourth-order valence-electron chi connectivity index (χ4n) is 1.67. The van der Waals surface area contributed by atoms with Gasteiger partial charge in [-0.15, -0.1) is 0 Å². The standard InChI is InChI=1S/C14H15Cl2N3O3/c15-9-3-4-11(10(16)7-9)17-12(20)5-6-13(21)18-19-14(22)8-1-2-8/h3-4,7-8H,1-2,5-6H2,(H,17,20)(H,18,21)(H,19,22). The van der Waals surface area contributed by atoms with Crippen LogP contribution in [0.5, 0.6) is 0 Å². The number of halogens is 2. The average molecular weight is 344 g/mol. The summed E-state index contributed by atoms with van der Waals surface area (Å²) in [6.45, 7) is 0. The molecule has 22 heavy (non-hydrogen) atoms. The van der Waals surface area contributed by atoms with Gasteiger partial charge in [0.25, 0.3) is 0 Å². The first kappa shape index (κ1) is 16.6. The number of hydrazine groups is 1. The van der Waals surface area contributed by atoms with E-state index < -0.39 is 5.91 Å².